The van der Waals surface area contributed by atoms with Gasteiger partial charge in [0, 0.05) is 6.54 Å². The van der Waals surface area contributed by atoms with E-state index in [1.54, 1.807) is 21.3 Å². The quantitative estimate of drug-likeness (QED) is 0.675. The first-order valence-corrected chi connectivity index (χ1v) is 9.64. The van der Waals surface area contributed by atoms with Crippen molar-refractivity contribution in [3.05, 3.63) is 41.5 Å². The van der Waals surface area contributed by atoms with Crippen LogP contribution in [0.5, 0.6) is 17.2 Å². The van der Waals surface area contributed by atoms with Crippen LogP contribution in [-0.4, -0.2) is 27.9 Å². The van der Waals surface area contributed by atoms with Gasteiger partial charge in [0.15, 0.2) is 11.5 Å². The van der Waals surface area contributed by atoms with E-state index in [1.807, 2.05) is 0 Å². The molecule has 0 saturated carbocycles. The van der Waals surface area contributed by atoms with Gasteiger partial charge in [-0.05, 0) is 82.7 Å². The molecule has 1 N–H and O–H groups in total. The third-order valence-electron chi connectivity index (χ3n) is 5.64. The van der Waals surface area contributed by atoms with Crippen LogP contribution in [0, 0.1) is 0 Å². The summed E-state index contributed by atoms with van der Waals surface area (Å²) in [6.45, 7) is 1.96. The van der Waals surface area contributed by atoms with Gasteiger partial charge in [-0.3, -0.25) is 0 Å². The SMILES string of the molecule is COc1ccc2c3c(c4cc(OC)c(OC)cc4c2c1)CCCCCNC3. The molecule has 0 unspecified atom stereocenters. The zero-order chi connectivity index (χ0) is 18.8. The number of rotatable bonds is 3. The third-order valence-corrected chi connectivity index (χ3v) is 5.64. The molecule has 4 heteroatoms. The number of ether oxygens (including phenoxy) is 3. The second-order valence-electron chi connectivity index (χ2n) is 7.11. The highest BCUT2D eigenvalue weighted by molar-refractivity contribution is 6.12. The van der Waals surface area contributed by atoms with Crippen molar-refractivity contribution in [2.24, 2.45) is 0 Å². The number of hydrogen-bond acceptors (Lipinski definition) is 4. The molecule has 1 aliphatic rings. The van der Waals surface area contributed by atoms with Gasteiger partial charge in [0.25, 0.3) is 0 Å². The van der Waals surface area contributed by atoms with Gasteiger partial charge in [0.2, 0.25) is 0 Å². The van der Waals surface area contributed by atoms with Crippen molar-refractivity contribution in [1.29, 1.82) is 0 Å². The van der Waals surface area contributed by atoms with Crippen LogP contribution >= 0.6 is 0 Å². The van der Waals surface area contributed by atoms with E-state index in [-0.39, 0.29) is 0 Å². The first-order chi connectivity index (χ1) is 13.3. The van der Waals surface area contributed by atoms with Gasteiger partial charge < -0.3 is 19.5 Å². The lowest BCUT2D eigenvalue weighted by atomic mass is 9.88. The summed E-state index contributed by atoms with van der Waals surface area (Å²) < 4.78 is 16.7. The highest BCUT2D eigenvalue weighted by Gasteiger charge is 2.18. The zero-order valence-electron chi connectivity index (χ0n) is 16.4. The van der Waals surface area contributed by atoms with Crippen molar-refractivity contribution in [2.75, 3.05) is 27.9 Å². The molecule has 0 saturated heterocycles. The molecule has 0 bridgehead atoms. The average molecular weight is 365 g/mol. The highest BCUT2D eigenvalue weighted by atomic mass is 16.5. The molecule has 3 aromatic carbocycles. The van der Waals surface area contributed by atoms with Crippen LogP contribution in [-0.2, 0) is 13.0 Å². The van der Waals surface area contributed by atoms with E-state index >= 15 is 0 Å². The Morgan fingerprint density at radius 1 is 0.704 bits per heavy atom. The minimum absolute atomic E-state index is 0.760. The number of benzene rings is 3. The molecular formula is C23H27NO3. The molecule has 1 heterocycles. The van der Waals surface area contributed by atoms with Crippen LogP contribution in [0.15, 0.2) is 30.3 Å². The monoisotopic (exact) mass is 365 g/mol. The molecule has 4 nitrogen and oxygen atoms in total. The van der Waals surface area contributed by atoms with Crippen LogP contribution in [0.2, 0.25) is 0 Å². The maximum atomic E-state index is 5.61. The van der Waals surface area contributed by atoms with E-state index in [9.17, 15) is 0 Å². The van der Waals surface area contributed by atoms with E-state index in [0.29, 0.717) is 0 Å². The Hall–Kier alpha value is -2.46. The maximum absolute atomic E-state index is 5.61. The lowest BCUT2D eigenvalue weighted by Crippen LogP contribution is -2.15. The van der Waals surface area contributed by atoms with Gasteiger partial charge in [-0.15, -0.1) is 0 Å². The zero-order valence-corrected chi connectivity index (χ0v) is 16.4. The Morgan fingerprint density at radius 2 is 1.44 bits per heavy atom. The standard InChI is InChI=1S/C23H27NO3/c1-25-15-8-9-17-18(11-15)20-13-23(27-3)22(26-2)12-19(20)16-7-5-4-6-10-24-14-21(16)17/h8-9,11-13,24H,4-7,10,14H2,1-3H3. The maximum Gasteiger partial charge on any atom is 0.161 e. The molecule has 142 valence electrons. The van der Waals surface area contributed by atoms with Crippen molar-refractivity contribution in [3.8, 4) is 17.2 Å². The Labute approximate surface area is 160 Å². The lowest BCUT2D eigenvalue weighted by molar-refractivity contribution is 0.356. The van der Waals surface area contributed by atoms with Gasteiger partial charge in [-0.2, -0.15) is 0 Å². The first kappa shape index (κ1) is 17.9. The van der Waals surface area contributed by atoms with Crippen molar-refractivity contribution in [2.45, 2.75) is 32.2 Å². The summed E-state index contributed by atoms with van der Waals surface area (Å²) in [5.74, 6) is 2.41. The van der Waals surface area contributed by atoms with E-state index in [0.717, 1.165) is 36.8 Å². The fourth-order valence-electron chi connectivity index (χ4n) is 4.24. The largest absolute Gasteiger partial charge is 0.497 e. The Kier molecular flexibility index (Phi) is 5.08. The van der Waals surface area contributed by atoms with Gasteiger partial charge in [-0.25, -0.2) is 0 Å². The smallest absolute Gasteiger partial charge is 0.161 e. The number of aryl methyl sites for hydroxylation is 1. The number of methoxy groups -OCH3 is 3. The van der Waals surface area contributed by atoms with Crippen molar-refractivity contribution >= 4 is 21.5 Å². The molecule has 27 heavy (non-hydrogen) atoms. The van der Waals surface area contributed by atoms with Gasteiger partial charge >= 0.3 is 0 Å². The summed E-state index contributed by atoms with van der Waals surface area (Å²) in [6.07, 6.45) is 4.78. The summed E-state index contributed by atoms with van der Waals surface area (Å²) in [7, 11) is 5.10. The second-order valence-corrected chi connectivity index (χ2v) is 7.11. The predicted octanol–water partition coefficient (Wildman–Crippen LogP) is 4.83. The molecule has 0 fully saturated rings. The summed E-state index contributed by atoms with van der Waals surface area (Å²) in [5.41, 5.74) is 2.83. The van der Waals surface area contributed by atoms with Crippen LogP contribution in [0.1, 0.15) is 30.4 Å². The van der Waals surface area contributed by atoms with Crippen molar-refractivity contribution in [1.82, 2.24) is 5.32 Å². The Bertz CT molecular complexity index is 981. The Balaban J connectivity index is 2.11. The summed E-state index contributed by atoms with van der Waals surface area (Å²) in [4.78, 5) is 0. The minimum atomic E-state index is 0.760. The number of nitrogens with one attached hydrogen (secondary N) is 1. The molecule has 0 aliphatic carbocycles. The van der Waals surface area contributed by atoms with Gasteiger partial charge in [0.05, 0.1) is 21.3 Å². The van der Waals surface area contributed by atoms with E-state index < -0.39 is 0 Å². The van der Waals surface area contributed by atoms with Crippen LogP contribution in [0.25, 0.3) is 21.5 Å². The summed E-state index contributed by atoms with van der Waals surface area (Å²) >= 11 is 0. The van der Waals surface area contributed by atoms with Crippen molar-refractivity contribution < 1.29 is 14.2 Å². The van der Waals surface area contributed by atoms with Gasteiger partial charge in [-0.1, -0.05) is 12.5 Å². The normalized spacial score (nSPS) is 14.9. The summed E-state index contributed by atoms with van der Waals surface area (Å²) in [5, 5.41) is 8.57. The molecule has 0 radical (unpaired) electrons. The van der Waals surface area contributed by atoms with Gasteiger partial charge in [0.1, 0.15) is 5.75 Å². The predicted molar refractivity (Wildman–Crippen MR) is 110 cm³/mol. The minimum Gasteiger partial charge on any atom is -0.497 e. The number of hydrogen-bond donors (Lipinski definition) is 1. The van der Waals surface area contributed by atoms with Crippen LogP contribution in [0.4, 0.5) is 0 Å². The molecular weight excluding hydrogens is 338 g/mol. The molecule has 0 aromatic heterocycles. The molecule has 1 aliphatic heterocycles. The van der Waals surface area contributed by atoms with E-state index in [2.05, 4.69) is 35.6 Å². The fourth-order valence-corrected chi connectivity index (χ4v) is 4.24. The lowest BCUT2D eigenvalue weighted by Gasteiger charge is -2.19. The van der Waals surface area contributed by atoms with E-state index in [4.69, 9.17) is 14.2 Å². The topological polar surface area (TPSA) is 39.7 Å². The summed E-state index contributed by atoms with van der Waals surface area (Å²) in [6, 6.07) is 10.6. The first-order valence-electron chi connectivity index (χ1n) is 9.64. The third kappa shape index (κ3) is 3.19. The fraction of sp³-hybridized carbons (Fsp3) is 0.391. The van der Waals surface area contributed by atoms with Crippen LogP contribution < -0.4 is 19.5 Å². The Morgan fingerprint density at radius 3 is 2.19 bits per heavy atom. The molecule has 0 atom stereocenters. The van der Waals surface area contributed by atoms with Crippen molar-refractivity contribution in [3.63, 3.8) is 0 Å². The highest BCUT2D eigenvalue weighted by Crippen LogP contribution is 2.41. The van der Waals surface area contributed by atoms with Crippen LogP contribution in [0.3, 0.4) is 0 Å². The molecule has 0 spiro atoms. The molecule has 4 rings (SSSR count). The van der Waals surface area contributed by atoms with E-state index in [1.165, 1.54) is 51.9 Å². The number of fused-ring (bicyclic) bond motifs is 6. The second kappa shape index (κ2) is 7.65. The average Bonchev–Trinajstić information content (AvgIpc) is 2.84. The molecule has 3 aromatic rings. The molecule has 0 amide bonds.